The number of carboxylic acids is 1. The molecule has 1 aromatic carbocycles. The minimum Gasteiger partial charge on any atom is -0.478 e. The number of carbonyl (C=O) groups excluding carboxylic acids is 2. The van der Waals surface area contributed by atoms with Crippen LogP contribution in [-0.4, -0.2) is 45.0 Å². The number of imide groups is 1. The molecule has 1 heterocycles. The smallest absolute Gasteiger partial charge is 0.347 e. The molecule has 7 heteroatoms. The molecule has 1 N–H and O–H groups in total. The van der Waals surface area contributed by atoms with Gasteiger partial charge in [0, 0.05) is 5.70 Å². The fraction of sp³-hybridized carbons (Fsp3) is 0.409. The molecule has 0 atom stereocenters. The van der Waals surface area contributed by atoms with Crippen LogP contribution in [0, 0.1) is 13.8 Å². The van der Waals surface area contributed by atoms with Gasteiger partial charge in [-0.3, -0.25) is 14.6 Å². The molecule has 2 aliphatic rings. The van der Waals surface area contributed by atoms with Crippen LogP contribution in [0.3, 0.4) is 0 Å². The molecule has 3 amide bonds. The number of carboxylic acid groups (broad SMARTS) is 1. The summed E-state index contributed by atoms with van der Waals surface area (Å²) in [5.74, 6) is -0.783. The molecule has 1 aromatic rings. The van der Waals surface area contributed by atoms with E-state index < -0.39 is 11.6 Å². The minimum atomic E-state index is -1.36. The van der Waals surface area contributed by atoms with Crippen molar-refractivity contribution in [3.8, 4) is 5.75 Å². The van der Waals surface area contributed by atoms with Gasteiger partial charge in [-0.1, -0.05) is 24.3 Å². The number of hydrogen-bond donors (Lipinski definition) is 1. The maximum atomic E-state index is 12.8. The van der Waals surface area contributed by atoms with E-state index >= 15 is 0 Å². The number of aryl methyl sites for hydroxylation is 2. The largest absolute Gasteiger partial charge is 0.478 e. The van der Waals surface area contributed by atoms with Crippen LogP contribution in [0.5, 0.6) is 5.75 Å². The first-order valence-electron chi connectivity index (χ1n) is 9.60. The predicted octanol–water partition coefficient (Wildman–Crippen LogP) is 3.54. The number of amides is 3. The van der Waals surface area contributed by atoms with Gasteiger partial charge < -0.3 is 9.84 Å². The number of allylic oxidation sites excluding steroid dienone is 4. The average Bonchev–Trinajstić information content (AvgIpc) is 2.93. The van der Waals surface area contributed by atoms with Crippen LogP contribution < -0.4 is 4.74 Å². The van der Waals surface area contributed by atoms with Gasteiger partial charge in [0.05, 0.1) is 6.54 Å². The van der Waals surface area contributed by atoms with Crippen LogP contribution in [-0.2, 0) is 16.1 Å². The third kappa shape index (κ3) is 4.18. The highest BCUT2D eigenvalue weighted by atomic mass is 16.5. The summed E-state index contributed by atoms with van der Waals surface area (Å²) in [5.41, 5.74) is 1.80. The average molecular weight is 398 g/mol. The summed E-state index contributed by atoms with van der Waals surface area (Å²) < 4.78 is 5.72. The molecular weight excluding hydrogens is 372 g/mol. The molecule has 29 heavy (non-hydrogen) atoms. The zero-order chi connectivity index (χ0) is 21.3. The first-order valence-corrected chi connectivity index (χ1v) is 9.60. The van der Waals surface area contributed by atoms with Crippen molar-refractivity contribution in [1.29, 1.82) is 0 Å². The molecule has 0 spiro atoms. The van der Waals surface area contributed by atoms with Gasteiger partial charge >= 0.3 is 12.0 Å². The normalized spacial score (nSPS) is 17.0. The zero-order valence-electron chi connectivity index (χ0n) is 17.2. The van der Waals surface area contributed by atoms with E-state index in [-0.39, 0.29) is 25.0 Å². The second-order valence-electron chi connectivity index (χ2n) is 7.95. The molecule has 1 fully saturated rings. The van der Waals surface area contributed by atoms with Gasteiger partial charge in [0.25, 0.3) is 5.91 Å². The van der Waals surface area contributed by atoms with E-state index in [1.165, 1.54) is 18.7 Å². The Morgan fingerprint density at radius 2 is 1.86 bits per heavy atom. The summed E-state index contributed by atoms with van der Waals surface area (Å²) >= 11 is 0. The lowest BCUT2D eigenvalue weighted by Crippen LogP contribution is -2.38. The highest BCUT2D eigenvalue weighted by Gasteiger charge is 2.38. The lowest BCUT2D eigenvalue weighted by Gasteiger charge is -2.25. The van der Waals surface area contributed by atoms with E-state index in [0.29, 0.717) is 5.75 Å². The molecule has 0 bridgehead atoms. The Morgan fingerprint density at radius 3 is 2.41 bits per heavy atom. The highest BCUT2D eigenvalue weighted by Crippen LogP contribution is 2.30. The second kappa shape index (κ2) is 7.73. The number of carbonyl (C=O) groups is 3. The van der Waals surface area contributed by atoms with Crippen molar-refractivity contribution >= 4 is 17.9 Å². The number of nitrogens with zero attached hydrogens (tertiary/aromatic N) is 2. The molecule has 154 valence electrons. The van der Waals surface area contributed by atoms with Gasteiger partial charge in [0.1, 0.15) is 12.3 Å². The Labute approximate surface area is 170 Å². The number of aliphatic carboxylic acids is 1. The third-order valence-corrected chi connectivity index (χ3v) is 5.13. The van der Waals surface area contributed by atoms with Gasteiger partial charge in [0.2, 0.25) is 0 Å². The Hall–Kier alpha value is -3.09. The maximum absolute atomic E-state index is 12.8. The lowest BCUT2D eigenvalue weighted by atomic mass is 10.0. The Balaban J connectivity index is 1.79. The summed E-state index contributed by atoms with van der Waals surface area (Å²) in [7, 11) is 0. The Bertz CT molecular complexity index is 906. The van der Waals surface area contributed by atoms with Crippen molar-refractivity contribution in [1.82, 2.24) is 9.80 Å². The van der Waals surface area contributed by atoms with Gasteiger partial charge in [-0.2, -0.15) is 0 Å². The summed E-state index contributed by atoms with van der Waals surface area (Å²) in [6.45, 7) is 6.86. The van der Waals surface area contributed by atoms with Crippen LogP contribution >= 0.6 is 0 Å². The van der Waals surface area contributed by atoms with Crippen LogP contribution in [0.2, 0.25) is 0 Å². The summed E-state index contributed by atoms with van der Waals surface area (Å²) in [6, 6.07) is 3.34. The molecule has 0 aromatic heterocycles. The van der Waals surface area contributed by atoms with Crippen LogP contribution in [0.1, 0.15) is 43.4 Å². The SMILES string of the molecule is Cc1cc(CN2C(=O)CN(C3=CC=CCC3)C2=O)cc(C)c1OC(C)(C)C(=O)O. The van der Waals surface area contributed by atoms with E-state index in [0.717, 1.165) is 35.2 Å². The van der Waals surface area contributed by atoms with Crippen molar-refractivity contribution in [3.05, 3.63) is 52.7 Å². The maximum Gasteiger partial charge on any atom is 0.347 e. The molecule has 1 aliphatic heterocycles. The van der Waals surface area contributed by atoms with Crippen molar-refractivity contribution in [2.75, 3.05) is 6.54 Å². The van der Waals surface area contributed by atoms with Crippen molar-refractivity contribution in [2.24, 2.45) is 0 Å². The molecule has 7 nitrogen and oxygen atoms in total. The number of hydrogen-bond acceptors (Lipinski definition) is 4. The number of ether oxygens (including phenoxy) is 1. The van der Waals surface area contributed by atoms with E-state index in [4.69, 9.17) is 4.74 Å². The van der Waals surface area contributed by atoms with Crippen molar-refractivity contribution < 1.29 is 24.2 Å². The van der Waals surface area contributed by atoms with Crippen molar-refractivity contribution in [3.63, 3.8) is 0 Å². The Morgan fingerprint density at radius 1 is 1.21 bits per heavy atom. The molecule has 0 saturated carbocycles. The van der Waals surface area contributed by atoms with Gasteiger partial charge in [-0.15, -0.1) is 0 Å². The quantitative estimate of drug-likeness (QED) is 0.741. The molecule has 3 rings (SSSR count). The lowest BCUT2D eigenvalue weighted by molar-refractivity contribution is -0.152. The molecule has 1 aliphatic carbocycles. The standard InChI is InChI=1S/C22H26N2O5/c1-14-10-16(11-15(2)19(14)29-22(3,4)20(26)27)12-24-18(25)13-23(21(24)28)17-8-6-5-7-9-17/h5-6,8,10-11H,7,9,12-13H2,1-4H3,(H,26,27). The summed E-state index contributed by atoms with van der Waals surface area (Å²) in [6.07, 6.45) is 7.42. The van der Waals surface area contributed by atoms with E-state index in [9.17, 15) is 19.5 Å². The number of urea groups is 1. The monoisotopic (exact) mass is 398 g/mol. The van der Waals surface area contributed by atoms with E-state index in [1.807, 2.05) is 44.2 Å². The van der Waals surface area contributed by atoms with Crippen LogP contribution in [0.4, 0.5) is 4.79 Å². The van der Waals surface area contributed by atoms with Gasteiger partial charge in [-0.05, 0) is 63.3 Å². The zero-order valence-corrected chi connectivity index (χ0v) is 17.2. The fourth-order valence-corrected chi connectivity index (χ4v) is 3.51. The van der Waals surface area contributed by atoms with Gasteiger partial charge in [-0.25, -0.2) is 9.59 Å². The summed E-state index contributed by atoms with van der Waals surface area (Å²) in [4.78, 5) is 39.4. The fourth-order valence-electron chi connectivity index (χ4n) is 3.51. The summed E-state index contributed by atoms with van der Waals surface area (Å²) in [5, 5.41) is 9.30. The van der Waals surface area contributed by atoms with Crippen LogP contribution in [0.15, 0.2) is 36.1 Å². The molecule has 0 unspecified atom stereocenters. The third-order valence-electron chi connectivity index (χ3n) is 5.13. The highest BCUT2D eigenvalue weighted by molar-refractivity contribution is 6.02. The number of benzene rings is 1. The molecular formula is C22H26N2O5. The van der Waals surface area contributed by atoms with Crippen molar-refractivity contribution in [2.45, 2.75) is 52.7 Å². The molecule has 0 radical (unpaired) electrons. The Kier molecular flexibility index (Phi) is 5.50. The molecule has 1 saturated heterocycles. The van der Waals surface area contributed by atoms with Crippen LogP contribution in [0.25, 0.3) is 0 Å². The first kappa shape index (κ1) is 20.6. The predicted molar refractivity (Wildman–Crippen MR) is 107 cm³/mol. The minimum absolute atomic E-state index is 0.0600. The van der Waals surface area contributed by atoms with E-state index in [2.05, 4.69) is 0 Å². The second-order valence-corrected chi connectivity index (χ2v) is 7.95. The first-order chi connectivity index (χ1) is 13.6. The number of rotatable bonds is 6. The van der Waals surface area contributed by atoms with E-state index in [1.54, 1.807) is 4.90 Å². The topological polar surface area (TPSA) is 87.2 Å². The van der Waals surface area contributed by atoms with Gasteiger partial charge in [0.15, 0.2) is 5.60 Å².